The normalized spacial score (nSPS) is 14.4. The Labute approximate surface area is 103 Å². The molecule has 1 aromatic rings. The largest absolute Gasteiger partial charge is 0.489 e. The summed E-state index contributed by atoms with van der Waals surface area (Å²) in [7, 11) is 0. The molecule has 0 aliphatic carbocycles. The minimum absolute atomic E-state index is 0.0733. The summed E-state index contributed by atoms with van der Waals surface area (Å²) in [5.74, 6) is 0.538. The molecule has 1 aromatic carbocycles. The SMILES string of the molecule is CCNC(CC)C(C)Oc1ccc(F)cc1C. The highest BCUT2D eigenvalue weighted by Gasteiger charge is 2.16. The van der Waals surface area contributed by atoms with E-state index in [1.807, 2.05) is 13.8 Å². The lowest BCUT2D eigenvalue weighted by Crippen LogP contribution is -2.40. The van der Waals surface area contributed by atoms with Crippen LogP contribution in [0.5, 0.6) is 5.75 Å². The fourth-order valence-electron chi connectivity index (χ4n) is 1.93. The molecule has 0 aromatic heterocycles. The van der Waals surface area contributed by atoms with E-state index in [1.54, 1.807) is 6.07 Å². The minimum Gasteiger partial charge on any atom is -0.489 e. The van der Waals surface area contributed by atoms with Crippen LogP contribution in [0.25, 0.3) is 0 Å². The Morgan fingerprint density at radius 1 is 1.35 bits per heavy atom. The lowest BCUT2D eigenvalue weighted by atomic mass is 10.1. The average Bonchev–Trinajstić information content (AvgIpc) is 2.29. The molecular weight excluding hydrogens is 217 g/mol. The van der Waals surface area contributed by atoms with E-state index in [-0.39, 0.29) is 11.9 Å². The first-order valence-electron chi connectivity index (χ1n) is 6.24. The number of aryl methyl sites for hydroxylation is 1. The molecule has 17 heavy (non-hydrogen) atoms. The second-order valence-electron chi connectivity index (χ2n) is 4.31. The van der Waals surface area contributed by atoms with E-state index in [9.17, 15) is 4.39 Å². The van der Waals surface area contributed by atoms with Crippen LogP contribution in [0, 0.1) is 12.7 Å². The quantitative estimate of drug-likeness (QED) is 0.822. The maximum atomic E-state index is 13.0. The van der Waals surface area contributed by atoms with Crippen LogP contribution in [0.15, 0.2) is 18.2 Å². The second kappa shape index (κ2) is 6.60. The predicted octanol–water partition coefficient (Wildman–Crippen LogP) is 3.29. The van der Waals surface area contributed by atoms with Crippen molar-refractivity contribution in [3.63, 3.8) is 0 Å². The van der Waals surface area contributed by atoms with E-state index in [4.69, 9.17) is 4.74 Å². The highest BCUT2D eigenvalue weighted by molar-refractivity contribution is 5.32. The Balaban J connectivity index is 2.69. The van der Waals surface area contributed by atoms with Gasteiger partial charge in [-0.1, -0.05) is 13.8 Å². The van der Waals surface area contributed by atoms with Crippen molar-refractivity contribution in [2.45, 2.75) is 46.3 Å². The van der Waals surface area contributed by atoms with Crippen molar-refractivity contribution in [2.75, 3.05) is 6.54 Å². The lowest BCUT2D eigenvalue weighted by molar-refractivity contribution is 0.167. The van der Waals surface area contributed by atoms with E-state index in [2.05, 4.69) is 19.2 Å². The van der Waals surface area contributed by atoms with Gasteiger partial charge in [-0.25, -0.2) is 4.39 Å². The van der Waals surface area contributed by atoms with E-state index >= 15 is 0 Å². The monoisotopic (exact) mass is 239 g/mol. The Bertz CT molecular complexity index is 354. The van der Waals surface area contributed by atoms with Gasteiger partial charge in [0, 0.05) is 6.04 Å². The molecule has 2 atom stereocenters. The van der Waals surface area contributed by atoms with Crippen molar-refractivity contribution in [2.24, 2.45) is 0 Å². The van der Waals surface area contributed by atoms with Gasteiger partial charge >= 0.3 is 0 Å². The molecule has 3 heteroatoms. The smallest absolute Gasteiger partial charge is 0.123 e. The number of benzene rings is 1. The van der Waals surface area contributed by atoms with Gasteiger partial charge in [-0.05, 0) is 50.6 Å². The van der Waals surface area contributed by atoms with Crippen LogP contribution in [-0.2, 0) is 0 Å². The van der Waals surface area contributed by atoms with Gasteiger partial charge in [-0.15, -0.1) is 0 Å². The van der Waals surface area contributed by atoms with Crippen LogP contribution in [0.4, 0.5) is 4.39 Å². The highest BCUT2D eigenvalue weighted by atomic mass is 19.1. The molecule has 2 nitrogen and oxygen atoms in total. The lowest BCUT2D eigenvalue weighted by Gasteiger charge is -2.25. The summed E-state index contributed by atoms with van der Waals surface area (Å²) in [6.45, 7) is 9.04. The highest BCUT2D eigenvalue weighted by Crippen LogP contribution is 2.20. The van der Waals surface area contributed by atoms with Crippen molar-refractivity contribution < 1.29 is 9.13 Å². The van der Waals surface area contributed by atoms with E-state index < -0.39 is 0 Å². The molecule has 0 fully saturated rings. The third-order valence-electron chi connectivity index (χ3n) is 2.92. The topological polar surface area (TPSA) is 21.3 Å². The van der Waals surface area contributed by atoms with Crippen LogP contribution in [0.3, 0.4) is 0 Å². The number of rotatable bonds is 6. The van der Waals surface area contributed by atoms with Crippen molar-refractivity contribution in [1.82, 2.24) is 5.32 Å². The average molecular weight is 239 g/mol. The van der Waals surface area contributed by atoms with Crippen LogP contribution in [0.1, 0.15) is 32.8 Å². The third-order valence-corrected chi connectivity index (χ3v) is 2.92. The Hall–Kier alpha value is -1.09. The molecular formula is C14H22FNO. The van der Waals surface area contributed by atoms with Gasteiger partial charge in [-0.3, -0.25) is 0 Å². The van der Waals surface area contributed by atoms with Gasteiger partial charge in [-0.2, -0.15) is 0 Å². The van der Waals surface area contributed by atoms with Crippen LogP contribution in [-0.4, -0.2) is 18.7 Å². The van der Waals surface area contributed by atoms with E-state index in [0.29, 0.717) is 6.04 Å². The maximum absolute atomic E-state index is 13.0. The molecule has 96 valence electrons. The zero-order valence-corrected chi connectivity index (χ0v) is 11.1. The first-order chi connectivity index (χ1) is 8.08. The predicted molar refractivity (Wildman–Crippen MR) is 69.0 cm³/mol. The molecule has 1 N–H and O–H groups in total. The first kappa shape index (κ1) is 14.0. The molecule has 0 amide bonds. The Kier molecular flexibility index (Phi) is 5.42. The molecule has 1 rings (SSSR count). The summed E-state index contributed by atoms with van der Waals surface area (Å²) in [5.41, 5.74) is 0.836. The first-order valence-corrected chi connectivity index (χ1v) is 6.24. The van der Waals surface area contributed by atoms with Gasteiger partial charge in [0.2, 0.25) is 0 Å². The molecule has 0 heterocycles. The third kappa shape index (κ3) is 4.00. The van der Waals surface area contributed by atoms with Gasteiger partial charge in [0.25, 0.3) is 0 Å². The Morgan fingerprint density at radius 3 is 2.59 bits per heavy atom. The molecule has 0 spiro atoms. The summed E-state index contributed by atoms with van der Waals surface area (Å²) in [5, 5.41) is 3.38. The summed E-state index contributed by atoms with van der Waals surface area (Å²) in [4.78, 5) is 0. The Morgan fingerprint density at radius 2 is 2.06 bits per heavy atom. The molecule has 0 saturated heterocycles. The zero-order valence-electron chi connectivity index (χ0n) is 11.1. The molecule has 0 bridgehead atoms. The summed E-state index contributed by atoms with van der Waals surface area (Å²) >= 11 is 0. The maximum Gasteiger partial charge on any atom is 0.123 e. The number of likely N-dealkylation sites (N-methyl/N-ethyl adjacent to an activating group) is 1. The fraction of sp³-hybridized carbons (Fsp3) is 0.571. The summed E-state index contributed by atoms with van der Waals surface area (Å²) in [6, 6.07) is 4.95. The van der Waals surface area contributed by atoms with Gasteiger partial charge in [0.1, 0.15) is 17.7 Å². The molecule has 0 saturated carbocycles. The number of hydrogen-bond donors (Lipinski definition) is 1. The standard InChI is InChI=1S/C14H22FNO/c1-5-13(16-6-2)11(4)17-14-8-7-12(15)9-10(14)3/h7-9,11,13,16H,5-6H2,1-4H3. The zero-order chi connectivity index (χ0) is 12.8. The minimum atomic E-state index is -0.221. The van der Waals surface area contributed by atoms with Crippen LogP contribution < -0.4 is 10.1 Å². The van der Waals surface area contributed by atoms with Crippen molar-refractivity contribution in [3.05, 3.63) is 29.6 Å². The van der Waals surface area contributed by atoms with Crippen LogP contribution >= 0.6 is 0 Å². The summed E-state index contributed by atoms with van der Waals surface area (Å²) in [6.07, 6.45) is 1.08. The summed E-state index contributed by atoms with van der Waals surface area (Å²) < 4.78 is 18.8. The number of halogens is 1. The molecule has 0 radical (unpaired) electrons. The van der Waals surface area contributed by atoms with Gasteiger partial charge < -0.3 is 10.1 Å². The van der Waals surface area contributed by atoms with Crippen molar-refractivity contribution in [3.8, 4) is 5.75 Å². The number of hydrogen-bond acceptors (Lipinski definition) is 2. The molecule has 0 aliphatic heterocycles. The van der Waals surface area contributed by atoms with E-state index in [0.717, 1.165) is 24.3 Å². The van der Waals surface area contributed by atoms with Crippen molar-refractivity contribution >= 4 is 0 Å². The van der Waals surface area contributed by atoms with E-state index in [1.165, 1.54) is 12.1 Å². The second-order valence-corrected chi connectivity index (χ2v) is 4.31. The molecule has 2 unspecified atom stereocenters. The fourth-order valence-corrected chi connectivity index (χ4v) is 1.93. The molecule has 0 aliphatic rings. The van der Waals surface area contributed by atoms with Gasteiger partial charge in [0.15, 0.2) is 0 Å². The number of nitrogens with one attached hydrogen (secondary N) is 1. The van der Waals surface area contributed by atoms with Gasteiger partial charge in [0.05, 0.1) is 0 Å². The number of ether oxygens (including phenoxy) is 1. The van der Waals surface area contributed by atoms with Crippen LogP contribution in [0.2, 0.25) is 0 Å². The van der Waals surface area contributed by atoms with Crippen molar-refractivity contribution in [1.29, 1.82) is 0 Å².